The molecule has 0 aliphatic rings. The van der Waals surface area contributed by atoms with Gasteiger partial charge in [-0.05, 0) is 47.5 Å². The molecule has 1 amide bonds. The van der Waals surface area contributed by atoms with Crippen molar-refractivity contribution in [1.29, 1.82) is 0 Å². The summed E-state index contributed by atoms with van der Waals surface area (Å²) in [6, 6.07) is 12.4. The monoisotopic (exact) mass is 440 g/mol. The number of nitrogens with zero attached hydrogens (tertiary/aromatic N) is 1. The number of furan rings is 1. The number of pyridine rings is 1. The molecule has 0 spiro atoms. The summed E-state index contributed by atoms with van der Waals surface area (Å²) in [5.41, 5.74) is 1.27. The number of nitrogens with one attached hydrogen (secondary N) is 1. The van der Waals surface area contributed by atoms with Gasteiger partial charge in [0, 0.05) is 18.1 Å². The molecule has 9 heteroatoms. The number of sulfone groups is 1. The minimum absolute atomic E-state index is 0.0485. The van der Waals surface area contributed by atoms with Gasteiger partial charge >= 0.3 is 0 Å². The van der Waals surface area contributed by atoms with Crippen molar-refractivity contribution in [1.82, 2.24) is 10.3 Å². The molecular weight excluding hydrogens is 423 g/mol. The highest BCUT2D eigenvalue weighted by molar-refractivity contribution is 7.91. The molecular formula is C22H17FN2O5S. The van der Waals surface area contributed by atoms with E-state index in [2.05, 4.69) is 10.3 Å². The number of aliphatic hydroxyl groups is 1. The molecule has 158 valence electrons. The first-order chi connectivity index (χ1) is 14.9. The van der Waals surface area contributed by atoms with Gasteiger partial charge in [-0.25, -0.2) is 12.8 Å². The third kappa shape index (κ3) is 4.18. The van der Waals surface area contributed by atoms with E-state index in [1.165, 1.54) is 24.4 Å². The Hall–Kier alpha value is -3.56. The molecule has 4 aromatic rings. The number of rotatable bonds is 6. The lowest BCUT2D eigenvalue weighted by Gasteiger charge is -2.10. The maximum Gasteiger partial charge on any atom is 0.287 e. The zero-order valence-electron chi connectivity index (χ0n) is 16.1. The van der Waals surface area contributed by atoms with E-state index in [4.69, 9.17) is 4.42 Å². The third-order valence-electron chi connectivity index (χ3n) is 4.72. The van der Waals surface area contributed by atoms with E-state index in [0.717, 1.165) is 17.5 Å². The topological polar surface area (TPSA) is 110 Å². The lowest BCUT2D eigenvalue weighted by atomic mass is 10.2. The van der Waals surface area contributed by atoms with Crippen molar-refractivity contribution in [3.8, 4) is 0 Å². The highest BCUT2D eigenvalue weighted by Crippen LogP contribution is 2.25. The molecule has 2 aromatic heterocycles. The number of aliphatic hydroxyl groups excluding tert-OH is 1. The van der Waals surface area contributed by atoms with Crippen LogP contribution in [0.3, 0.4) is 0 Å². The predicted octanol–water partition coefficient (Wildman–Crippen LogP) is 3.22. The van der Waals surface area contributed by atoms with E-state index in [1.807, 2.05) is 0 Å². The van der Waals surface area contributed by atoms with E-state index >= 15 is 0 Å². The molecule has 4 rings (SSSR count). The second kappa shape index (κ2) is 8.29. The van der Waals surface area contributed by atoms with Crippen LogP contribution in [0.2, 0.25) is 0 Å². The van der Waals surface area contributed by atoms with Gasteiger partial charge in [0.2, 0.25) is 9.84 Å². The molecule has 2 heterocycles. The van der Waals surface area contributed by atoms with Crippen LogP contribution < -0.4 is 5.32 Å². The van der Waals surface area contributed by atoms with Gasteiger partial charge < -0.3 is 14.8 Å². The van der Waals surface area contributed by atoms with Crippen molar-refractivity contribution in [2.45, 2.75) is 22.9 Å². The Morgan fingerprint density at radius 1 is 1.10 bits per heavy atom. The van der Waals surface area contributed by atoms with E-state index in [9.17, 15) is 22.7 Å². The minimum atomic E-state index is -4.02. The van der Waals surface area contributed by atoms with E-state index < -0.39 is 28.2 Å². The Bertz CT molecular complexity index is 1330. The maximum absolute atomic E-state index is 13.6. The van der Waals surface area contributed by atoms with E-state index in [1.54, 1.807) is 30.5 Å². The SMILES string of the molecule is O=C(NCc1ccc(S(=O)(=O)c2cc(F)ccc2CO)cc1)c1cc2ccncc2o1. The molecule has 7 nitrogen and oxygen atoms in total. The largest absolute Gasteiger partial charge is 0.449 e. The van der Waals surface area contributed by atoms with Crippen LogP contribution in [0.15, 0.2) is 81.2 Å². The third-order valence-corrected chi connectivity index (χ3v) is 6.57. The number of amides is 1. The first-order valence-electron chi connectivity index (χ1n) is 9.23. The molecule has 0 saturated carbocycles. The molecule has 31 heavy (non-hydrogen) atoms. The summed E-state index contributed by atoms with van der Waals surface area (Å²) in [5, 5.41) is 12.9. The van der Waals surface area contributed by atoms with Crippen molar-refractivity contribution in [3.63, 3.8) is 0 Å². The van der Waals surface area contributed by atoms with Gasteiger partial charge in [0.1, 0.15) is 5.82 Å². The van der Waals surface area contributed by atoms with Gasteiger partial charge in [-0.1, -0.05) is 18.2 Å². The van der Waals surface area contributed by atoms with Crippen LogP contribution in [0.1, 0.15) is 21.7 Å². The molecule has 0 aliphatic carbocycles. The Kier molecular flexibility index (Phi) is 5.53. The zero-order chi connectivity index (χ0) is 22.0. The number of hydrogen-bond acceptors (Lipinski definition) is 6. The Morgan fingerprint density at radius 2 is 1.87 bits per heavy atom. The lowest BCUT2D eigenvalue weighted by molar-refractivity contribution is 0.0925. The fraction of sp³-hybridized carbons (Fsp3) is 0.0909. The van der Waals surface area contributed by atoms with Crippen LogP contribution in [0.4, 0.5) is 4.39 Å². The Labute approximate surface area is 177 Å². The standard InChI is InChI=1S/C22H17FN2O5S/c23-17-4-3-16(13-26)21(10-17)31(28,29)18-5-1-14(2-6-18)11-25-22(27)19-9-15-7-8-24-12-20(15)30-19/h1-10,12,26H,11,13H2,(H,25,27). The van der Waals surface area contributed by atoms with E-state index in [-0.39, 0.29) is 27.7 Å². The number of benzene rings is 2. The first-order valence-corrected chi connectivity index (χ1v) is 10.7. The molecule has 0 fully saturated rings. The second-order valence-electron chi connectivity index (χ2n) is 6.76. The number of aromatic nitrogens is 1. The average molecular weight is 440 g/mol. The Morgan fingerprint density at radius 3 is 2.58 bits per heavy atom. The Balaban J connectivity index is 1.49. The zero-order valence-corrected chi connectivity index (χ0v) is 16.9. The highest BCUT2D eigenvalue weighted by atomic mass is 32.2. The van der Waals surface area contributed by atoms with Gasteiger partial charge in [-0.15, -0.1) is 0 Å². The number of fused-ring (bicyclic) bond motifs is 1. The fourth-order valence-electron chi connectivity index (χ4n) is 3.09. The molecule has 0 bridgehead atoms. The fourth-order valence-corrected chi connectivity index (χ4v) is 4.58. The molecule has 0 atom stereocenters. The van der Waals surface area contributed by atoms with Crippen LogP contribution >= 0.6 is 0 Å². The van der Waals surface area contributed by atoms with Gasteiger partial charge in [0.05, 0.1) is 22.6 Å². The van der Waals surface area contributed by atoms with Gasteiger partial charge in [-0.3, -0.25) is 9.78 Å². The van der Waals surface area contributed by atoms with Crippen LogP contribution in [-0.4, -0.2) is 24.4 Å². The molecule has 0 unspecified atom stereocenters. The molecule has 2 aromatic carbocycles. The lowest BCUT2D eigenvalue weighted by Crippen LogP contribution is -2.22. The van der Waals surface area contributed by atoms with Gasteiger partial charge in [-0.2, -0.15) is 0 Å². The van der Waals surface area contributed by atoms with E-state index in [0.29, 0.717) is 11.1 Å². The predicted molar refractivity (Wildman–Crippen MR) is 109 cm³/mol. The van der Waals surface area contributed by atoms with Crippen molar-refractivity contribution < 1.29 is 27.1 Å². The van der Waals surface area contributed by atoms with Crippen molar-refractivity contribution in [2.24, 2.45) is 0 Å². The average Bonchev–Trinajstić information content (AvgIpc) is 3.22. The molecule has 0 saturated heterocycles. The molecule has 2 N–H and O–H groups in total. The number of carbonyl (C=O) groups excluding carboxylic acids is 1. The number of hydrogen-bond donors (Lipinski definition) is 2. The van der Waals surface area contributed by atoms with Crippen LogP contribution in [0, 0.1) is 5.82 Å². The van der Waals surface area contributed by atoms with Crippen molar-refractivity contribution in [3.05, 3.63) is 89.7 Å². The van der Waals surface area contributed by atoms with Crippen LogP contribution in [0.25, 0.3) is 11.0 Å². The van der Waals surface area contributed by atoms with Crippen molar-refractivity contribution >= 4 is 26.7 Å². The van der Waals surface area contributed by atoms with Crippen LogP contribution in [0.5, 0.6) is 0 Å². The molecule has 0 aliphatic heterocycles. The summed E-state index contributed by atoms with van der Waals surface area (Å²) in [7, 11) is -4.02. The quantitative estimate of drug-likeness (QED) is 0.476. The van der Waals surface area contributed by atoms with Crippen molar-refractivity contribution in [2.75, 3.05) is 0 Å². The number of halogens is 1. The summed E-state index contributed by atoms with van der Waals surface area (Å²) in [4.78, 5) is 15.9. The minimum Gasteiger partial charge on any atom is -0.449 e. The molecule has 0 radical (unpaired) electrons. The summed E-state index contributed by atoms with van der Waals surface area (Å²) in [5.74, 6) is -0.985. The summed E-state index contributed by atoms with van der Waals surface area (Å²) >= 11 is 0. The summed E-state index contributed by atoms with van der Waals surface area (Å²) in [6.45, 7) is -0.382. The summed E-state index contributed by atoms with van der Waals surface area (Å²) in [6.07, 6.45) is 3.12. The van der Waals surface area contributed by atoms with Gasteiger partial charge in [0.25, 0.3) is 5.91 Å². The van der Waals surface area contributed by atoms with Crippen LogP contribution in [-0.2, 0) is 23.0 Å². The summed E-state index contributed by atoms with van der Waals surface area (Å²) < 4.78 is 44.7. The second-order valence-corrected chi connectivity index (χ2v) is 8.68. The smallest absolute Gasteiger partial charge is 0.287 e. The highest BCUT2D eigenvalue weighted by Gasteiger charge is 2.22. The van der Waals surface area contributed by atoms with Gasteiger partial charge in [0.15, 0.2) is 11.3 Å². The number of carbonyl (C=O) groups is 1. The maximum atomic E-state index is 13.6. The normalized spacial score (nSPS) is 11.5. The first kappa shape index (κ1) is 20.7.